The summed E-state index contributed by atoms with van der Waals surface area (Å²) in [6.07, 6.45) is -0.644. The van der Waals surface area contributed by atoms with Gasteiger partial charge in [-0.05, 0) is 72.5 Å². The molecule has 1 amide bonds. The number of nitrogens with one attached hydrogen (secondary N) is 1. The normalized spacial score (nSPS) is 11.9. The van der Waals surface area contributed by atoms with Gasteiger partial charge in [-0.3, -0.25) is 9.59 Å². The van der Waals surface area contributed by atoms with Crippen LogP contribution in [0.2, 0.25) is 0 Å². The third kappa shape index (κ3) is 7.28. The number of benzene rings is 3. The molecule has 6 nitrogen and oxygen atoms in total. The largest absolute Gasteiger partial charge is 0.491 e. The standard InChI is InChI=1S/C30H27F3N2O4/c1-20(17-28(36)34-25-5-2-3-6-27(25)39-16-4-7-29(37)38)22-10-13-26-23(18-22)14-15-35(26)19-21-8-11-24(12-9-21)30(31,32)33/h2-3,5-6,8-15,17-18H,4,7,16,19H2,1H3,(H,34,36)(H,37,38)/b20-17+. The molecule has 4 rings (SSSR count). The zero-order valence-electron chi connectivity index (χ0n) is 21.2. The number of hydrogen-bond donors (Lipinski definition) is 2. The van der Waals surface area contributed by atoms with Gasteiger partial charge >= 0.3 is 12.1 Å². The van der Waals surface area contributed by atoms with E-state index in [9.17, 15) is 22.8 Å². The minimum absolute atomic E-state index is 0.000754. The highest BCUT2D eigenvalue weighted by atomic mass is 19.4. The van der Waals surface area contributed by atoms with E-state index in [2.05, 4.69) is 5.32 Å². The van der Waals surface area contributed by atoms with Gasteiger partial charge in [0.05, 0.1) is 17.9 Å². The van der Waals surface area contributed by atoms with Gasteiger partial charge in [-0.15, -0.1) is 0 Å². The number of aliphatic carboxylic acids is 1. The summed E-state index contributed by atoms with van der Waals surface area (Å²) in [6.45, 7) is 2.47. The van der Waals surface area contributed by atoms with Crippen molar-refractivity contribution in [2.45, 2.75) is 32.5 Å². The van der Waals surface area contributed by atoms with Gasteiger partial charge in [0.25, 0.3) is 0 Å². The Hall–Kier alpha value is -4.53. The zero-order valence-corrected chi connectivity index (χ0v) is 21.2. The molecule has 9 heteroatoms. The van der Waals surface area contributed by atoms with Crippen molar-refractivity contribution < 1.29 is 32.6 Å². The van der Waals surface area contributed by atoms with Crippen LogP contribution in [0.3, 0.4) is 0 Å². The number of carbonyl (C=O) groups is 2. The Morgan fingerprint density at radius 2 is 1.77 bits per heavy atom. The SMILES string of the molecule is C/C(=C\C(=O)Nc1ccccc1OCCCC(=O)O)c1ccc2c(ccn2Cc2ccc(C(F)(F)F)cc2)c1. The molecule has 39 heavy (non-hydrogen) atoms. The van der Waals surface area contributed by atoms with Crippen LogP contribution in [0, 0.1) is 0 Å². The van der Waals surface area contributed by atoms with Gasteiger partial charge in [-0.25, -0.2) is 0 Å². The first-order valence-electron chi connectivity index (χ1n) is 12.3. The van der Waals surface area contributed by atoms with Crippen molar-refractivity contribution in [1.29, 1.82) is 0 Å². The van der Waals surface area contributed by atoms with Crippen LogP contribution in [-0.4, -0.2) is 28.2 Å². The summed E-state index contributed by atoms with van der Waals surface area (Å²) in [5, 5.41) is 12.5. The number of carboxylic acid groups (broad SMARTS) is 1. The molecule has 0 aliphatic heterocycles. The van der Waals surface area contributed by atoms with Gasteiger partial charge in [0, 0.05) is 36.1 Å². The second kappa shape index (κ2) is 11.9. The Kier molecular flexibility index (Phi) is 8.39. The van der Waals surface area contributed by atoms with Crippen LogP contribution in [0.1, 0.15) is 36.5 Å². The summed E-state index contributed by atoms with van der Waals surface area (Å²) in [4.78, 5) is 23.4. The molecule has 0 unspecified atom stereocenters. The number of ether oxygens (including phenoxy) is 1. The molecule has 3 aromatic carbocycles. The molecule has 0 radical (unpaired) electrons. The summed E-state index contributed by atoms with van der Waals surface area (Å²) in [6, 6.07) is 19.8. The number of aromatic nitrogens is 1. The molecule has 202 valence electrons. The predicted octanol–water partition coefficient (Wildman–Crippen LogP) is 6.99. The average molecular weight is 537 g/mol. The Morgan fingerprint density at radius 3 is 2.49 bits per heavy atom. The molecule has 1 aromatic heterocycles. The van der Waals surface area contributed by atoms with Gasteiger partial charge < -0.3 is 19.7 Å². The van der Waals surface area contributed by atoms with E-state index in [4.69, 9.17) is 9.84 Å². The van der Waals surface area contributed by atoms with Crippen LogP contribution in [0.25, 0.3) is 16.5 Å². The highest BCUT2D eigenvalue weighted by Gasteiger charge is 2.29. The monoisotopic (exact) mass is 536 g/mol. The lowest BCUT2D eigenvalue weighted by atomic mass is 10.0. The first-order valence-corrected chi connectivity index (χ1v) is 12.3. The second-order valence-corrected chi connectivity index (χ2v) is 9.07. The molecule has 0 spiro atoms. The number of fused-ring (bicyclic) bond motifs is 1. The molecular formula is C30H27F3N2O4. The topological polar surface area (TPSA) is 80.6 Å². The van der Waals surface area contributed by atoms with E-state index in [1.807, 2.05) is 42.0 Å². The summed E-state index contributed by atoms with van der Waals surface area (Å²) in [5.41, 5.74) is 3.07. The molecule has 0 saturated heterocycles. The lowest BCUT2D eigenvalue weighted by Gasteiger charge is -2.12. The van der Waals surface area contributed by atoms with E-state index in [1.165, 1.54) is 18.2 Å². The summed E-state index contributed by atoms with van der Waals surface area (Å²) < 4.78 is 46.1. The van der Waals surface area contributed by atoms with E-state index < -0.39 is 17.7 Å². The number of para-hydroxylation sites is 2. The number of rotatable bonds is 10. The Bertz CT molecular complexity index is 1500. The maximum atomic E-state index is 12.8. The average Bonchev–Trinajstić information content (AvgIpc) is 3.29. The minimum Gasteiger partial charge on any atom is -0.491 e. The number of carboxylic acids is 1. The molecule has 0 atom stereocenters. The van der Waals surface area contributed by atoms with Crippen molar-refractivity contribution in [1.82, 2.24) is 4.57 Å². The number of anilines is 1. The molecule has 0 aliphatic rings. The molecule has 4 aromatic rings. The summed E-state index contributed by atoms with van der Waals surface area (Å²) in [5.74, 6) is -0.776. The van der Waals surface area contributed by atoms with Crippen LogP contribution < -0.4 is 10.1 Å². The van der Waals surface area contributed by atoms with Crippen LogP contribution >= 0.6 is 0 Å². The van der Waals surface area contributed by atoms with Crippen molar-refractivity contribution >= 4 is 34.0 Å². The van der Waals surface area contributed by atoms with Crippen LogP contribution in [0.15, 0.2) is 85.1 Å². The number of carbonyl (C=O) groups excluding carboxylic acids is 1. The molecule has 0 fully saturated rings. The Balaban J connectivity index is 1.43. The first-order chi connectivity index (χ1) is 18.6. The minimum atomic E-state index is -4.36. The van der Waals surface area contributed by atoms with Crippen molar-refractivity contribution in [3.8, 4) is 5.75 Å². The molecule has 0 saturated carbocycles. The molecule has 2 N–H and O–H groups in total. The molecular weight excluding hydrogens is 509 g/mol. The zero-order chi connectivity index (χ0) is 28.0. The van der Waals surface area contributed by atoms with Crippen LogP contribution in [0.4, 0.5) is 18.9 Å². The number of nitrogens with zero attached hydrogens (tertiary/aromatic N) is 1. The maximum absolute atomic E-state index is 12.8. The third-order valence-corrected chi connectivity index (χ3v) is 6.15. The Morgan fingerprint density at radius 1 is 1.03 bits per heavy atom. The van der Waals surface area contributed by atoms with Gasteiger partial charge in [0.2, 0.25) is 5.91 Å². The van der Waals surface area contributed by atoms with Crippen molar-refractivity contribution in [3.05, 3.63) is 102 Å². The fraction of sp³-hybridized carbons (Fsp3) is 0.200. The molecule has 0 bridgehead atoms. The van der Waals surface area contributed by atoms with Crippen molar-refractivity contribution in [2.24, 2.45) is 0 Å². The number of amides is 1. The number of halogens is 3. The van der Waals surface area contributed by atoms with Gasteiger partial charge in [0.15, 0.2) is 0 Å². The smallest absolute Gasteiger partial charge is 0.416 e. The van der Waals surface area contributed by atoms with Crippen LogP contribution in [0.5, 0.6) is 5.75 Å². The summed E-state index contributed by atoms with van der Waals surface area (Å²) in [7, 11) is 0. The van der Waals surface area contributed by atoms with Crippen LogP contribution in [-0.2, 0) is 22.3 Å². The van der Waals surface area contributed by atoms with Gasteiger partial charge in [-0.1, -0.05) is 30.3 Å². The lowest BCUT2D eigenvalue weighted by molar-refractivity contribution is -0.138. The maximum Gasteiger partial charge on any atom is 0.416 e. The van der Waals surface area contributed by atoms with Crippen molar-refractivity contribution in [2.75, 3.05) is 11.9 Å². The lowest BCUT2D eigenvalue weighted by Crippen LogP contribution is -2.11. The van der Waals surface area contributed by atoms with E-state index in [0.717, 1.165) is 39.7 Å². The fourth-order valence-corrected chi connectivity index (χ4v) is 4.13. The number of alkyl halides is 3. The van der Waals surface area contributed by atoms with E-state index in [-0.39, 0.29) is 18.9 Å². The van der Waals surface area contributed by atoms with Crippen molar-refractivity contribution in [3.63, 3.8) is 0 Å². The number of hydrogen-bond acceptors (Lipinski definition) is 3. The molecule has 0 aliphatic carbocycles. The van der Waals surface area contributed by atoms with Gasteiger partial charge in [0.1, 0.15) is 5.75 Å². The quantitative estimate of drug-likeness (QED) is 0.169. The van der Waals surface area contributed by atoms with E-state index in [1.54, 1.807) is 24.3 Å². The predicted molar refractivity (Wildman–Crippen MR) is 144 cm³/mol. The second-order valence-electron chi connectivity index (χ2n) is 9.07. The van der Waals surface area contributed by atoms with Gasteiger partial charge in [-0.2, -0.15) is 13.2 Å². The Labute approximate surface area is 223 Å². The summed E-state index contributed by atoms with van der Waals surface area (Å²) >= 11 is 0. The fourth-order valence-electron chi connectivity index (χ4n) is 4.13. The first kappa shape index (κ1) is 27.5. The highest BCUT2D eigenvalue weighted by molar-refractivity contribution is 6.04. The van der Waals surface area contributed by atoms with E-state index in [0.29, 0.717) is 24.4 Å². The number of allylic oxidation sites excluding steroid dienone is 1. The van der Waals surface area contributed by atoms with E-state index >= 15 is 0 Å². The highest BCUT2D eigenvalue weighted by Crippen LogP contribution is 2.30. The molecule has 1 heterocycles. The third-order valence-electron chi connectivity index (χ3n) is 6.15.